The summed E-state index contributed by atoms with van der Waals surface area (Å²) in [6.07, 6.45) is 0. The van der Waals surface area contributed by atoms with Gasteiger partial charge >= 0.3 is 0 Å². The van der Waals surface area contributed by atoms with E-state index in [0.717, 1.165) is 6.54 Å². The van der Waals surface area contributed by atoms with Crippen LogP contribution in [0.15, 0.2) is 18.2 Å². The van der Waals surface area contributed by atoms with Crippen molar-refractivity contribution in [1.29, 1.82) is 0 Å². The summed E-state index contributed by atoms with van der Waals surface area (Å²) in [5.74, 6) is -0.569. The van der Waals surface area contributed by atoms with Crippen LogP contribution in [-0.4, -0.2) is 24.5 Å². The molecular formula is C14H17FN4OS. The van der Waals surface area contributed by atoms with Crippen LogP contribution in [0.3, 0.4) is 0 Å². The summed E-state index contributed by atoms with van der Waals surface area (Å²) < 4.78 is 13.5. The molecule has 3 N–H and O–H groups in total. The van der Waals surface area contributed by atoms with Gasteiger partial charge in [-0.25, -0.2) is 9.37 Å². The number of nitrogens with two attached hydrogens (primary N) is 1. The molecule has 2 rings (SSSR count). The summed E-state index contributed by atoms with van der Waals surface area (Å²) in [6.45, 7) is 4.40. The summed E-state index contributed by atoms with van der Waals surface area (Å²) in [7, 11) is 1.87. The summed E-state index contributed by atoms with van der Waals surface area (Å²) in [6, 6.07) is 4.54. The Hall–Kier alpha value is -2.15. The fourth-order valence-electron chi connectivity index (χ4n) is 1.64. The standard InChI is InChI=1S/C14H17FN4OS/c1-4-19(3)14-18-12(16)11(21-14)13(20)17-9-6-5-8(2)10(15)7-9/h5-7H,4,16H2,1-3H3,(H,17,20). The second kappa shape index (κ2) is 6.09. The fraction of sp³-hybridized carbons (Fsp3) is 0.286. The third-order valence-corrected chi connectivity index (χ3v) is 4.26. The van der Waals surface area contributed by atoms with Crippen LogP contribution in [0.5, 0.6) is 0 Å². The highest BCUT2D eigenvalue weighted by molar-refractivity contribution is 7.18. The Bertz CT molecular complexity index is 671. The highest BCUT2D eigenvalue weighted by atomic mass is 32.1. The first-order valence-corrected chi connectivity index (χ1v) is 7.29. The average molecular weight is 308 g/mol. The van der Waals surface area contributed by atoms with Crippen molar-refractivity contribution in [2.24, 2.45) is 0 Å². The number of nitrogens with zero attached hydrogens (tertiary/aromatic N) is 2. The molecule has 5 nitrogen and oxygen atoms in total. The van der Waals surface area contributed by atoms with Gasteiger partial charge in [-0.1, -0.05) is 17.4 Å². The second-order valence-corrected chi connectivity index (χ2v) is 5.62. The van der Waals surface area contributed by atoms with Gasteiger partial charge in [0, 0.05) is 19.3 Å². The van der Waals surface area contributed by atoms with Gasteiger partial charge in [0.2, 0.25) is 0 Å². The van der Waals surface area contributed by atoms with Crippen molar-refractivity contribution >= 4 is 33.9 Å². The third kappa shape index (κ3) is 3.30. The summed E-state index contributed by atoms with van der Waals surface area (Å²) in [4.78, 5) is 18.6. The first kappa shape index (κ1) is 15.2. The fourth-order valence-corrected chi connectivity index (χ4v) is 2.55. The number of nitrogen functional groups attached to an aromatic ring is 1. The van der Waals surface area contributed by atoms with E-state index in [-0.39, 0.29) is 17.5 Å². The quantitative estimate of drug-likeness (QED) is 0.911. The predicted molar refractivity (Wildman–Crippen MR) is 84.6 cm³/mol. The van der Waals surface area contributed by atoms with Crippen LogP contribution in [0.4, 0.5) is 21.0 Å². The van der Waals surface area contributed by atoms with Gasteiger partial charge in [-0.05, 0) is 31.5 Å². The number of thiazole rings is 1. The van der Waals surface area contributed by atoms with Gasteiger partial charge in [-0.3, -0.25) is 4.79 Å². The smallest absolute Gasteiger partial charge is 0.269 e. The molecule has 0 aliphatic heterocycles. The molecule has 0 bridgehead atoms. The van der Waals surface area contributed by atoms with Crippen LogP contribution in [0, 0.1) is 12.7 Å². The van der Waals surface area contributed by atoms with Crippen LogP contribution < -0.4 is 16.0 Å². The molecule has 0 atom stereocenters. The zero-order valence-corrected chi connectivity index (χ0v) is 12.9. The number of aromatic nitrogens is 1. The lowest BCUT2D eigenvalue weighted by Crippen LogP contribution is -2.15. The van der Waals surface area contributed by atoms with Crippen LogP contribution >= 0.6 is 11.3 Å². The Morgan fingerprint density at radius 2 is 2.24 bits per heavy atom. The van der Waals surface area contributed by atoms with Crippen LogP contribution in [-0.2, 0) is 0 Å². The van der Waals surface area contributed by atoms with Gasteiger partial charge in [-0.15, -0.1) is 0 Å². The first-order chi connectivity index (χ1) is 9.92. The maximum absolute atomic E-state index is 13.5. The molecule has 21 heavy (non-hydrogen) atoms. The van der Waals surface area contributed by atoms with E-state index in [9.17, 15) is 9.18 Å². The molecule has 0 fully saturated rings. The molecule has 1 heterocycles. The number of anilines is 3. The van der Waals surface area contributed by atoms with E-state index in [0.29, 0.717) is 21.3 Å². The molecule has 0 aliphatic rings. The van der Waals surface area contributed by atoms with Crippen LogP contribution in [0.1, 0.15) is 22.2 Å². The monoisotopic (exact) mass is 308 g/mol. The van der Waals surface area contributed by atoms with Gasteiger partial charge in [0.1, 0.15) is 16.5 Å². The maximum atomic E-state index is 13.5. The minimum absolute atomic E-state index is 0.181. The normalized spacial score (nSPS) is 10.5. The third-order valence-electron chi connectivity index (χ3n) is 3.08. The van der Waals surface area contributed by atoms with E-state index in [2.05, 4.69) is 10.3 Å². The number of hydrogen-bond acceptors (Lipinski definition) is 5. The number of aryl methyl sites for hydroxylation is 1. The van der Waals surface area contributed by atoms with Crippen molar-refractivity contribution < 1.29 is 9.18 Å². The van der Waals surface area contributed by atoms with E-state index in [1.54, 1.807) is 19.1 Å². The number of amides is 1. The van der Waals surface area contributed by atoms with E-state index in [1.165, 1.54) is 17.4 Å². The number of benzene rings is 1. The predicted octanol–water partition coefficient (Wildman–Crippen LogP) is 2.88. The molecule has 0 saturated carbocycles. The van der Waals surface area contributed by atoms with Crippen LogP contribution in [0.2, 0.25) is 0 Å². The molecule has 0 saturated heterocycles. The molecular weight excluding hydrogens is 291 g/mol. The van der Waals surface area contributed by atoms with E-state index >= 15 is 0 Å². The Morgan fingerprint density at radius 3 is 2.86 bits per heavy atom. The molecule has 7 heteroatoms. The van der Waals surface area contributed by atoms with Crippen molar-refractivity contribution in [1.82, 2.24) is 4.98 Å². The van der Waals surface area contributed by atoms with E-state index in [4.69, 9.17) is 5.73 Å². The van der Waals surface area contributed by atoms with Crippen molar-refractivity contribution in [3.8, 4) is 0 Å². The van der Waals surface area contributed by atoms with Gasteiger partial charge in [0.05, 0.1) is 0 Å². The molecule has 1 amide bonds. The molecule has 2 aromatic rings. The number of nitrogens with one attached hydrogen (secondary N) is 1. The lowest BCUT2D eigenvalue weighted by atomic mass is 10.2. The molecule has 0 aliphatic carbocycles. The van der Waals surface area contributed by atoms with Gasteiger partial charge in [-0.2, -0.15) is 0 Å². The minimum atomic E-state index is -0.385. The number of carbonyl (C=O) groups excluding carboxylic acids is 1. The van der Waals surface area contributed by atoms with E-state index < -0.39 is 0 Å². The number of halogens is 1. The highest BCUT2D eigenvalue weighted by Gasteiger charge is 2.18. The largest absolute Gasteiger partial charge is 0.382 e. The number of rotatable bonds is 4. The lowest BCUT2D eigenvalue weighted by molar-refractivity contribution is 0.103. The SMILES string of the molecule is CCN(C)c1nc(N)c(C(=O)Nc2ccc(C)c(F)c2)s1. The Kier molecular flexibility index (Phi) is 4.42. The Labute approximate surface area is 126 Å². The second-order valence-electron chi connectivity index (χ2n) is 4.64. The zero-order valence-electron chi connectivity index (χ0n) is 12.1. The molecule has 1 aromatic heterocycles. The maximum Gasteiger partial charge on any atom is 0.269 e. The Balaban J connectivity index is 2.20. The zero-order chi connectivity index (χ0) is 15.6. The van der Waals surface area contributed by atoms with Crippen LogP contribution in [0.25, 0.3) is 0 Å². The van der Waals surface area contributed by atoms with Gasteiger partial charge in [0.15, 0.2) is 5.13 Å². The molecule has 1 aromatic carbocycles. The summed E-state index contributed by atoms with van der Waals surface area (Å²) in [5.41, 5.74) is 6.70. The van der Waals surface area contributed by atoms with E-state index in [1.807, 2.05) is 18.9 Å². The van der Waals surface area contributed by atoms with Crippen molar-refractivity contribution in [3.63, 3.8) is 0 Å². The molecule has 0 spiro atoms. The van der Waals surface area contributed by atoms with Gasteiger partial charge in [0.25, 0.3) is 5.91 Å². The van der Waals surface area contributed by atoms with Gasteiger partial charge < -0.3 is 16.0 Å². The summed E-state index contributed by atoms with van der Waals surface area (Å²) >= 11 is 1.21. The highest BCUT2D eigenvalue weighted by Crippen LogP contribution is 2.28. The Morgan fingerprint density at radius 1 is 1.52 bits per heavy atom. The molecule has 0 radical (unpaired) electrons. The molecule has 0 unspecified atom stereocenters. The van der Waals surface area contributed by atoms with Crippen molar-refractivity contribution in [3.05, 3.63) is 34.5 Å². The minimum Gasteiger partial charge on any atom is -0.382 e. The average Bonchev–Trinajstić information content (AvgIpc) is 2.84. The number of hydrogen-bond donors (Lipinski definition) is 2. The topological polar surface area (TPSA) is 71.2 Å². The molecule has 112 valence electrons. The van der Waals surface area contributed by atoms with Crippen molar-refractivity contribution in [2.45, 2.75) is 13.8 Å². The first-order valence-electron chi connectivity index (χ1n) is 6.47. The summed E-state index contributed by atoms with van der Waals surface area (Å²) in [5, 5.41) is 3.31. The van der Waals surface area contributed by atoms with Crippen molar-refractivity contribution in [2.75, 3.05) is 29.5 Å². The number of carbonyl (C=O) groups is 1. The lowest BCUT2D eigenvalue weighted by Gasteiger charge is -2.10.